The Balaban J connectivity index is 1.18. The molecule has 1 N–H and O–H groups in total. The number of aliphatic imine (C=N–C) groups is 1. The number of carbonyl (C=O) groups is 1. The third-order valence-corrected chi connectivity index (χ3v) is 7.34. The number of piperazine rings is 1. The number of methoxy groups -OCH3 is 1. The van der Waals surface area contributed by atoms with E-state index in [1.807, 2.05) is 39.1 Å². The number of benzene rings is 1. The van der Waals surface area contributed by atoms with Crippen molar-refractivity contribution in [1.82, 2.24) is 19.9 Å². The fourth-order valence-corrected chi connectivity index (χ4v) is 5.23. The maximum Gasteiger partial charge on any atom is 0.410 e. The van der Waals surface area contributed by atoms with E-state index in [-0.39, 0.29) is 6.09 Å². The summed E-state index contributed by atoms with van der Waals surface area (Å²) in [6, 6.07) is 12.4. The Morgan fingerprint density at radius 3 is 2.45 bits per heavy atom. The Morgan fingerprint density at radius 1 is 0.976 bits per heavy atom. The molecule has 3 aliphatic rings. The minimum Gasteiger partial charge on any atom is -0.479 e. The lowest BCUT2D eigenvalue weighted by molar-refractivity contribution is 0.0240. The molecule has 1 saturated heterocycles. The summed E-state index contributed by atoms with van der Waals surface area (Å²) in [4.78, 5) is 37.5. The lowest BCUT2D eigenvalue weighted by Crippen LogP contribution is -2.50. The number of nitrogens with one attached hydrogen (secondary N) is 1. The van der Waals surface area contributed by atoms with Crippen molar-refractivity contribution in [2.75, 3.05) is 61.5 Å². The fraction of sp³-hybridized carbons (Fsp3) is 0.387. The molecular formula is C31H36N8O3. The number of nitrogens with zero attached hydrogens (tertiary/aromatic N) is 7. The van der Waals surface area contributed by atoms with Gasteiger partial charge in [0.05, 0.1) is 13.7 Å². The monoisotopic (exact) mass is 568 g/mol. The molecule has 3 aromatic rings. The second-order valence-electron chi connectivity index (χ2n) is 11.6. The summed E-state index contributed by atoms with van der Waals surface area (Å²) < 4.78 is 11.2. The van der Waals surface area contributed by atoms with E-state index in [0.717, 1.165) is 47.3 Å². The Morgan fingerprint density at radius 2 is 1.74 bits per heavy atom. The summed E-state index contributed by atoms with van der Waals surface area (Å²) in [5.41, 5.74) is 4.52. The van der Waals surface area contributed by atoms with Crippen LogP contribution in [-0.2, 0) is 4.74 Å². The van der Waals surface area contributed by atoms with Gasteiger partial charge in [0.15, 0.2) is 0 Å². The first-order valence-electron chi connectivity index (χ1n) is 14.2. The predicted molar refractivity (Wildman–Crippen MR) is 165 cm³/mol. The molecule has 2 aromatic heterocycles. The number of fused-ring (bicyclic) bond motifs is 3. The number of anilines is 4. The van der Waals surface area contributed by atoms with Crippen molar-refractivity contribution < 1.29 is 14.3 Å². The van der Waals surface area contributed by atoms with Crippen LogP contribution in [0, 0.1) is 6.92 Å². The van der Waals surface area contributed by atoms with Gasteiger partial charge in [0.25, 0.3) is 0 Å². The fourth-order valence-electron chi connectivity index (χ4n) is 5.23. The SMILES string of the molecule is COc1nc(N2CCN(C(=O)OC(C)(C)C)CC2)ccc1Nc1ncc2c(n1)N1CCN=C1C(c1ccc(C)cc1)=C2. The van der Waals surface area contributed by atoms with E-state index in [1.54, 1.807) is 12.0 Å². The van der Waals surface area contributed by atoms with Crippen LogP contribution in [0.3, 0.4) is 0 Å². The molecule has 0 radical (unpaired) electrons. The summed E-state index contributed by atoms with van der Waals surface area (Å²) in [5.74, 6) is 3.43. The van der Waals surface area contributed by atoms with Gasteiger partial charge in [-0.05, 0) is 51.5 Å². The zero-order valence-electron chi connectivity index (χ0n) is 24.7. The van der Waals surface area contributed by atoms with Gasteiger partial charge in [0.2, 0.25) is 11.8 Å². The van der Waals surface area contributed by atoms with Crippen LogP contribution in [0.15, 0.2) is 47.6 Å². The molecule has 11 nitrogen and oxygen atoms in total. The topological polar surface area (TPSA) is 108 Å². The van der Waals surface area contributed by atoms with Crippen LogP contribution in [-0.4, -0.2) is 83.8 Å². The van der Waals surface area contributed by atoms with Gasteiger partial charge in [-0.3, -0.25) is 4.99 Å². The molecule has 1 fully saturated rings. The standard InChI is InChI=1S/C31H36N8O3/c1-20-6-8-21(9-7-20)23-18-22-19-33-29(36-26(22)39-13-12-32-27(23)39)34-24-10-11-25(35-28(24)41-5)37-14-16-38(17-15-37)30(40)42-31(2,3)4/h6-11,18-19H,12-17H2,1-5H3,(H,33,34,36). The molecule has 0 unspecified atom stereocenters. The molecule has 0 spiro atoms. The third kappa shape index (κ3) is 5.59. The van der Waals surface area contributed by atoms with Crippen LogP contribution >= 0.6 is 0 Å². The van der Waals surface area contributed by atoms with Crippen LogP contribution in [0.5, 0.6) is 5.88 Å². The minimum absolute atomic E-state index is 0.286. The first-order valence-corrected chi connectivity index (χ1v) is 14.2. The highest BCUT2D eigenvalue weighted by Crippen LogP contribution is 2.36. The highest BCUT2D eigenvalue weighted by molar-refractivity contribution is 6.35. The smallest absolute Gasteiger partial charge is 0.410 e. The number of carbonyl (C=O) groups excluding carboxylic acids is 1. The van der Waals surface area contributed by atoms with Gasteiger partial charge < -0.3 is 29.5 Å². The molecule has 0 bridgehead atoms. The first kappa shape index (κ1) is 27.5. The maximum atomic E-state index is 12.4. The van der Waals surface area contributed by atoms with Crippen molar-refractivity contribution in [3.05, 3.63) is 59.3 Å². The number of hydrogen-bond donors (Lipinski definition) is 1. The van der Waals surface area contributed by atoms with Crippen molar-refractivity contribution in [3.63, 3.8) is 0 Å². The Labute approximate surface area is 245 Å². The highest BCUT2D eigenvalue weighted by atomic mass is 16.6. The summed E-state index contributed by atoms with van der Waals surface area (Å²) in [6.45, 7) is 11.6. The molecule has 218 valence electrons. The van der Waals surface area contributed by atoms with E-state index in [1.165, 1.54) is 5.56 Å². The first-order chi connectivity index (χ1) is 20.2. The molecule has 5 heterocycles. The molecule has 0 saturated carbocycles. The molecule has 1 aromatic carbocycles. The van der Waals surface area contributed by atoms with Gasteiger partial charge >= 0.3 is 6.09 Å². The molecule has 0 aliphatic carbocycles. The van der Waals surface area contributed by atoms with Gasteiger partial charge in [0, 0.05) is 50.1 Å². The predicted octanol–water partition coefficient (Wildman–Crippen LogP) is 4.76. The number of rotatable bonds is 5. The maximum absolute atomic E-state index is 12.4. The second-order valence-corrected chi connectivity index (χ2v) is 11.6. The van der Waals surface area contributed by atoms with Crippen LogP contribution in [0.2, 0.25) is 0 Å². The molecule has 0 atom stereocenters. The van der Waals surface area contributed by atoms with Crippen molar-refractivity contribution in [1.29, 1.82) is 0 Å². The molecule has 3 aliphatic heterocycles. The lowest BCUT2D eigenvalue weighted by atomic mass is 9.98. The van der Waals surface area contributed by atoms with Crippen LogP contribution in [0.25, 0.3) is 11.6 Å². The highest BCUT2D eigenvalue weighted by Gasteiger charge is 2.31. The van der Waals surface area contributed by atoms with Crippen molar-refractivity contribution in [3.8, 4) is 5.88 Å². The van der Waals surface area contributed by atoms with Crippen LogP contribution in [0.1, 0.15) is 37.5 Å². The average molecular weight is 569 g/mol. The van der Waals surface area contributed by atoms with Gasteiger partial charge in [0.1, 0.15) is 28.8 Å². The van der Waals surface area contributed by atoms with Gasteiger partial charge in [-0.25, -0.2) is 9.78 Å². The number of aromatic nitrogens is 3. The Bertz CT molecular complexity index is 1550. The zero-order chi connectivity index (χ0) is 29.4. The number of pyridine rings is 1. The van der Waals surface area contributed by atoms with E-state index >= 15 is 0 Å². The summed E-state index contributed by atoms with van der Waals surface area (Å²) >= 11 is 0. The molecule has 11 heteroatoms. The number of amides is 1. The average Bonchev–Trinajstić information content (AvgIpc) is 3.47. The van der Waals surface area contributed by atoms with E-state index in [9.17, 15) is 4.79 Å². The Kier molecular flexibility index (Phi) is 7.17. The van der Waals surface area contributed by atoms with E-state index in [0.29, 0.717) is 43.7 Å². The third-order valence-electron chi connectivity index (χ3n) is 7.34. The summed E-state index contributed by atoms with van der Waals surface area (Å²) in [5, 5.41) is 3.29. The number of aryl methyl sites for hydroxylation is 1. The van der Waals surface area contributed by atoms with E-state index < -0.39 is 5.60 Å². The minimum atomic E-state index is -0.515. The number of ether oxygens (including phenoxy) is 2. The second kappa shape index (κ2) is 11.0. The van der Waals surface area contributed by atoms with Crippen LogP contribution in [0.4, 0.5) is 28.1 Å². The quantitative estimate of drug-likeness (QED) is 0.466. The molecule has 1 amide bonds. The number of amidine groups is 1. The summed E-state index contributed by atoms with van der Waals surface area (Å²) in [7, 11) is 1.59. The van der Waals surface area contributed by atoms with Gasteiger partial charge in [-0.15, -0.1) is 0 Å². The van der Waals surface area contributed by atoms with E-state index in [4.69, 9.17) is 24.4 Å². The Hall–Kier alpha value is -4.67. The van der Waals surface area contributed by atoms with Crippen molar-refractivity contribution in [2.45, 2.75) is 33.3 Å². The number of hydrogen-bond acceptors (Lipinski definition) is 10. The molecule has 42 heavy (non-hydrogen) atoms. The lowest BCUT2D eigenvalue weighted by Gasteiger charge is -2.36. The normalized spacial score (nSPS) is 16.4. The van der Waals surface area contributed by atoms with Crippen molar-refractivity contribution >= 4 is 46.8 Å². The van der Waals surface area contributed by atoms with Crippen LogP contribution < -0.4 is 19.9 Å². The van der Waals surface area contributed by atoms with E-state index in [2.05, 4.69) is 57.4 Å². The molecule has 6 rings (SSSR count). The zero-order valence-corrected chi connectivity index (χ0v) is 24.7. The molecular weight excluding hydrogens is 532 g/mol. The largest absolute Gasteiger partial charge is 0.479 e. The van der Waals surface area contributed by atoms with Gasteiger partial charge in [-0.2, -0.15) is 9.97 Å². The summed E-state index contributed by atoms with van der Waals surface area (Å²) in [6.07, 6.45) is 3.67. The van der Waals surface area contributed by atoms with Gasteiger partial charge in [-0.1, -0.05) is 29.8 Å². The van der Waals surface area contributed by atoms with Crippen molar-refractivity contribution in [2.24, 2.45) is 4.99 Å².